The zero-order chi connectivity index (χ0) is 31.0. The molecule has 2 bridgehead atoms. The Hall–Kier alpha value is -2.97. The molecule has 3 aliphatic rings. The van der Waals surface area contributed by atoms with E-state index in [1.807, 2.05) is 65.0 Å². The number of ether oxygens (including phenoxy) is 1. The molecule has 8 nitrogen and oxygen atoms in total. The van der Waals surface area contributed by atoms with Crippen molar-refractivity contribution in [1.82, 2.24) is 14.7 Å². The largest absolute Gasteiger partial charge is 0.394 e. The molecule has 42 heavy (non-hydrogen) atoms. The summed E-state index contributed by atoms with van der Waals surface area (Å²) in [4.78, 5) is 48.9. The third-order valence-electron chi connectivity index (χ3n) is 10.2. The Morgan fingerprint density at radius 3 is 2.33 bits per heavy atom. The lowest BCUT2D eigenvalue weighted by Gasteiger charge is -2.42. The van der Waals surface area contributed by atoms with Crippen molar-refractivity contribution in [2.45, 2.75) is 90.3 Å². The van der Waals surface area contributed by atoms with Crippen LogP contribution in [-0.4, -0.2) is 86.6 Å². The monoisotopic (exact) mass is 579 g/mol. The predicted octanol–water partition coefficient (Wildman–Crippen LogP) is 4.04. The fourth-order valence-corrected chi connectivity index (χ4v) is 7.74. The molecule has 3 amide bonds. The van der Waals surface area contributed by atoms with Crippen molar-refractivity contribution in [3.63, 3.8) is 0 Å². The molecule has 0 radical (unpaired) electrons. The highest BCUT2D eigenvalue weighted by molar-refractivity contribution is 5.99. The maximum absolute atomic E-state index is 14.7. The van der Waals surface area contributed by atoms with Crippen LogP contribution in [0, 0.1) is 23.7 Å². The van der Waals surface area contributed by atoms with Crippen LogP contribution in [0.5, 0.6) is 0 Å². The van der Waals surface area contributed by atoms with Crippen molar-refractivity contribution in [1.29, 1.82) is 0 Å². The van der Waals surface area contributed by atoms with Gasteiger partial charge in [-0.2, -0.15) is 0 Å². The summed E-state index contributed by atoms with van der Waals surface area (Å²) in [5.74, 6) is -2.42. The van der Waals surface area contributed by atoms with Crippen LogP contribution in [0.1, 0.15) is 59.9 Å². The molecule has 230 valence electrons. The maximum atomic E-state index is 14.7. The SMILES string of the molecule is C=CCN(Cc1ccccc1)C(=O)[C@H]1[C@H]2C(=O)N([C@@H](CO)[C@@H](C)CC)C(C(=O)N(CC=C)C(C)C)C23CC(C)[C@]1(C)O3. The summed E-state index contributed by atoms with van der Waals surface area (Å²) in [5, 5.41) is 10.6. The van der Waals surface area contributed by atoms with Gasteiger partial charge in [0.25, 0.3) is 0 Å². The van der Waals surface area contributed by atoms with Gasteiger partial charge in [0.15, 0.2) is 0 Å². The molecule has 0 aromatic heterocycles. The molecule has 0 aliphatic carbocycles. The van der Waals surface area contributed by atoms with Crippen LogP contribution < -0.4 is 0 Å². The summed E-state index contributed by atoms with van der Waals surface area (Å²) >= 11 is 0. The van der Waals surface area contributed by atoms with Crippen LogP contribution in [0.3, 0.4) is 0 Å². The summed E-state index contributed by atoms with van der Waals surface area (Å²) in [7, 11) is 0. The third-order valence-corrected chi connectivity index (χ3v) is 10.2. The third kappa shape index (κ3) is 5.00. The number of hydrogen-bond acceptors (Lipinski definition) is 5. The van der Waals surface area contributed by atoms with Crippen LogP contribution in [0.4, 0.5) is 0 Å². The topological polar surface area (TPSA) is 90.4 Å². The van der Waals surface area contributed by atoms with Crippen molar-refractivity contribution in [3.05, 3.63) is 61.2 Å². The molecule has 3 heterocycles. The quantitative estimate of drug-likeness (QED) is 0.356. The van der Waals surface area contributed by atoms with Gasteiger partial charge in [0.2, 0.25) is 17.7 Å². The molecule has 3 unspecified atom stereocenters. The summed E-state index contributed by atoms with van der Waals surface area (Å²) in [6.45, 7) is 20.3. The Morgan fingerprint density at radius 1 is 1.14 bits per heavy atom. The number of fused-ring (bicyclic) bond motifs is 1. The zero-order valence-corrected chi connectivity index (χ0v) is 26.2. The van der Waals surface area contributed by atoms with Gasteiger partial charge in [0.05, 0.1) is 30.1 Å². The lowest BCUT2D eigenvalue weighted by Crippen LogP contribution is -2.60. The molecule has 1 aromatic carbocycles. The summed E-state index contributed by atoms with van der Waals surface area (Å²) in [6.07, 6.45) is 4.59. The fourth-order valence-electron chi connectivity index (χ4n) is 7.74. The highest BCUT2D eigenvalue weighted by atomic mass is 16.5. The Balaban J connectivity index is 1.85. The molecule has 1 aromatic rings. The van der Waals surface area contributed by atoms with Crippen molar-refractivity contribution in [2.75, 3.05) is 19.7 Å². The van der Waals surface area contributed by atoms with E-state index < -0.39 is 35.1 Å². The first-order chi connectivity index (χ1) is 19.9. The van der Waals surface area contributed by atoms with Crippen LogP contribution >= 0.6 is 0 Å². The average molecular weight is 580 g/mol. The normalized spacial score (nSPS) is 31.1. The van der Waals surface area contributed by atoms with Gasteiger partial charge in [-0.05, 0) is 44.6 Å². The predicted molar refractivity (Wildman–Crippen MR) is 163 cm³/mol. The minimum Gasteiger partial charge on any atom is -0.394 e. The summed E-state index contributed by atoms with van der Waals surface area (Å²) in [5.41, 5.74) is -1.12. The Kier molecular flexibility index (Phi) is 9.38. The van der Waals surface area contributed by atoms with Gasteiger partial charge >= 0.3 is 0 Å². The van der Waals surface area contributed by atoms with Gasteiger partial charge in [-0.1, -0.05) is 69.7 Å². The van der Waals surface area contributed by atoms with Crippen LogP contribution in [-0.2, 0) is 25.7 Å². The van der Waals surface area contributed by atoms with E-state index in [1.165, 1.54) is 0 Å². The van der Waals surface area contributed by atoms with E-state index in [9.17, 15) is 19.5 Å². The molecular formula is C34H49N3O5. The molecule has 3 saturated heterocycles. The standard InChI is InChI=1S/C34H49N3O5/c1-9-17-35(20-25-15-13-12-14-16-25)30(39)27-28-31(40)37(26(21-38)23(6)11-3)29(32(41)36(18-10-2)22(4)5)34(28)19-24(7)33(27,8)42-34/h9-10,12-16,22-24,26-29,38H,1-2,11,17-21H2,3-8H3/t23-,24?,26-,27+,28-,29?,33-,34?/m0/s1. The minimum atomic E-state index is -1.18. The molecule has 3 fully saturated rings. The number of rotatable bonds is 13. The Bertz CT molecular complexity index is 1190. The second-order valence-electron chi connectivity index (χ2n) is 13.0. The van der Waals surface area contributed by atoms with Gasteiger partial charge in [-0.15, -0.1) is 13.2 Å². The number of aliphatic hydroxyl groups excluding tert-OH is 1. The van der Waals surface area contributed by atoms with E-state index in [-0.39, 0.29) is 42.2 Å². The maximum Gasteiger partial charge on any atom is 0.248 e. The van der Waals surface area contributed by atoms with Gasteiger partial charge < -0.3 is 24.5 Å². The van der Waals surface area contributed by atoms with Crippen molar-refractivity contribution in [2.24, 2.45) is 23.7 Å². The lowest BCUT2D eigenvalue weighted by molar-refractivity contribution is -0.159. The Labute approximate surface area is 251 Å². The number of nitrogens with zero attached hydrogens (tertiary/aromatic N) is 3. The van der Waals surface area contributed by atoms with Crippen LogP contribution in [0.2, 0.25) is 0 Å². The number of benzene rings is 1. The first kappa shape index (κ1) is 32.0. The molecule has 4 rings (SSSR count). The summed E-state index contributed by atoms with van der Waals surface area (Å²) < 4.78 is 6.96. The van der Waals surface area contributed by atoms with E-state index >= 15 is 0 Å². The number of hydrogen-bond donors (Lipinski definition) is 1. The number of likely N-dealkylation sites (tertiary alicyclic amines) is 1. The van der Waals surface area contributed by atoms with Crippen molar-refractivity contribution >= 4 is 17.7 Å². The van der Waals surface area contributed by atoms with E-state index in [0.717, 1.165) is 12.0 Å². The van der Waals surface area contributed by atoms with E-state index in [2.05, 4.69) is 20.1 Å². The highest BCUT2D eigenvalue weighted by Gasteiger charge is 2.80. The molecular weight excluding hydrogens is 530 g/mol. The van der Waals surface area contributed by atoms with Gasteiger partial charge in [0.1, 0.15) is 11.6 Å². The number of aliphatic hydroxyl groups is 1. The molecule has 1 N–H and O–H groups in total. The average Bonchev–Trinajstić information content (AvgIpc) is 3.48. The fraction of sp³-hybridized carbons (Fsp3) is 0.618. The minimum absolute atomic E-state index is 0.0638. The van der Waals surface area contributed by atoms with Gasteiger partial charge in [-0.3, -0.25) is 14.4 Å². The zero-order valence-electron chi connectivity index (χ0n) is 26.2. The van der Waals surface area contributed by atoms with E-state index in [4.69, 9.17) is 4.74 Å². The molecule has 1 spiro atoms. The van der Waals surface area contributed by atoms with Crippen molar-refractivity contribution < 1.29 is 24.2 Å². The molecule has 8 atom stereocenters. The van der Waals surface area contributed by atoms with Crippen LogP contribution in [0.25, 0.3) is 0 Å². The van der Waals surface area contributed by atoms with E-state index in [0.29, 0.717) is 26.1 Å². The highest BCUT2D eigenvalue weighted by Crippen LogP contribution is 2.66. The summed E-state index contributed by atoms with van der Waals surface area (Å²) in [6, 6.07) is 8.09. The number of amides is 3. The molecule has 3 aliphatic heterocycles. The van der Waals surface area contributed by atoms with Crippen LogP contribution in [0.15, 0.2) is 55.6 Å². The number of carbonyl (C=O) groups is 3. The molecule has 0 saturated carbocycles. The van der Waals surface area contributed by atoms with Crippen molar-refractivity contribution in [3.8, 4) is 0 Å². The lowest BCUT2D eigenvalue weighted by atomic mass is 9.62. The van der Waals surface area contributed by atoms with Gasteiger partial charge in [0, 0.05) is 25.7 Å². The first-order valence-corrected chi connectivity index (χ1v) is 15.4. The Morgan fingerprint density at radius 2 is 1.79 bits per heavy atom. The second kappa shape index (κ2) is 12.3. The first-order valence-electron chi connectivity index (χ1n) is 15.4. The number of carbonyl (C=O) groups excluding carboxylic acids is 3. The van der Waals surface area contributed by atoms with Gasteiger partial charge in [-0.25, -0.2) is 0 Å². The van der Waals surface area contributed by atoms with E-state index in [1.54, 1.807) is 26.9 Å². The smallest absolute Gasteiger partial charge is 0.248 e. The molecule has 8 heteroatoms. The second-order valence-corrected chi connectivity index (χ2v) is 13.0.